The molecule has 6 nitrogen and oxygen atoms in total. The summed E-state index contributed by atoms with van der Waals surface area (Å²) >= 11 is 0. The molecule has 1 aromatic rings. The summed E-state index contributed by atoms with van der Waals surface area (Å²) in [5, 5.41) is 18.2. The van der Waals surface area contributed by atoms with E-state index in [2.05, 4.69) is 38.7 Å². The van der Waals surface area contributed by atoms with Gasteiger partial charge in [-0.3, -0.25) is 4.90 Å². The zero-order chi connectivity index (χ0) is 16.4. The van der Waals surface area contributed by atoms with E-state index in [-0.39, 0.29) is 6.10 Å². The SMILES string of the molecule is CC(O)CN1CCC(CN(C)Cc2nnc(C3CC3)n2C)CC1. The number of β-amino-alcohol motifs (C(OH)–C–C–N with tert-alkyl or cyclic N) is 1. The Bertz CT molecular complexity index is 503. The maximum absolute atomic E-state index is 9.49. The number of aromatic nitrogens is 3. The van der Waals surface area contributed by atoms with Gasteiger partial charge in [0.2, 0.25) is 0 Å². The van der Waals surface area contributed by atoms with Crippen molar-refractivity contribution in [3.8, 4) is 0 Å². The summed E-state index contributed by atoms with van der Waals surface area (Å²) in [5.74, 6) is 3.66. The molecular formula is C17H31N5O. The molecule has 2 fully saturated rings. The van der Waals surface area contributed by atoms with Crippen molar-refractivity contribution in [1.82, 2.24) is 24.6 Å². The third-order valence-corrected chi connectivity index (χ3v) is 5.15. The van der Waals surface area contributed by atoms with E-state index in [4.69, 9.17) is 0 Å². The number of rotatable bonds is 7. The van der Waals surface area contributed by atoms with Gasteiger partial charge >= 0.3 is 0 Å². The van der Waals surface area contributed by atoms with Crippen molar-refractivity contribution in [2.45, 2.75) is 51.2 Å². The van der Waals surface area contributed by atoms with Crippen LogP contribution in [0.15, 0.2) is 0 Å². The van der Waals surface area contributed by atoms with E-state index in [0.717, 1.165) is 44.5 Å². The molecule has 2 aliphatic rings. The summed E-state index contributed by atoms with van der Waals surface area (Å²) in [6, 6.07) is 0. The van der Waals surface area contributed by atoms with Crippen LogP contribution in [-0.2, 0) is 13.6 Å². The van der Waals surface area contributed by atoms with Crippen molar-refractivity contribution in [2.75, 3.05) is 33.2 Å². The first-order valence-electron chi connectivity index (χ1n) is 9.00. The highest BCUT2D eigenvalue weighted by atomic mass is 16.3. The van der Waals surface area contributed by atoms with Gasteiger partial charge in [0.25, 0.3) is 0 Å². The van der Waals surface area contributed by atoms with Crippen LogP contribution in [0.4, 0.5) is 0 Å². The first kappa shape index (κ1) is 16.9. The van der Waals surface area contributed by atoms with Gasteiger partial charge in [0, 0.05) is 26.1 Å². The summed E-state index contributed by atoms with van der Waals surface area (Å²) in [6.07, 6.45) is 4.78. The minimum absolute atomic E-state index is 0.217. The van der Waals surface area contributed by atoms with Crippen LogP contribution in [0.5, 0.6) is 0 Å². The smallest absolute Gasteiger partial charge is 0.146 e. The molecule has 23 heavy (non-hydrogen) atoms. The molecule has 2 heterocycles. The van der Waals surface area contributed by atoms with Crippen LogP contribution in [0.2, 0.25) is 0 Å². The molecule has 1 atom stereocenters. The predicted octanol–water partition coefficient (Wildman–Crippen LogP) is 1.22. The molecule has 1 aromatic heterocycles. The molecular weight excluding hydrogens is 290 g/mol. The quantitative estimate of drug-likeness (QED) is 0.818. The first-order valence-corrected chi connectivity index (χ1v) is 9.00. The maximum atomic E-state index is 9.49. The van der Waals surface area contributed by atoms with Gasteiger partial charge in [-0.25, -0.2) is 0 Å². The lowest BCUT2D eigenvalue weighted by Gasteiger charge is -2.34. The number of hydrogen-bond acceptors (Lipinski definition) is 5. The second-order valence-electron chi connectivity index (χ2n) is 7.60. The molecule has 1 saturated carbocycles. The van der Waals surface area contributed by atoms with Crippen molar-refractivity contribution in [3.05, 3.63) is 11.6 Å². The molecule has 130 valence electrons. The van der Waals surface area contributed by atoms with Gasteiger partial charge in [-0.15, -0.1) is 10.2 Å². The van der Waals surface area contributed by atoms with Gasteiger partial charge in [0.05, 0.1) is 12.6 Å². The normalized spacial score (nSPS) is 22.0. The summed E-state index contributed by atoms with van der Waals surface area (Å²) in [7, 11) is 4.29. The average molecular weight is 321 g/mol. The first-order chi connectivity index (χ1) is 11.0. The number of piperidine rings is 1. The Morgan fingerprint density at radius 3 is 2.52 bits per heavy atom. The Morgan fingerprint density at radius 2 is 1.91 bits per heavy atom. The highest BCUT2D eigenvalue weighted by Crippen LogP contribution is 2.38. The van der Waals surface area contributed by atoms with Gasteiger partial charge in [0.15, 0.2) is 0 Å². The largest absolute Gasteiger partial charge is 0.392 e. The van der Waals surface area contributed by atoms with Gasteiger partial charge in [0.1, 0.15) is 11.6 Å². The molecule has 1 aliphatic heterocycles. The van der Waals surface area contributed by atoms with Gasteiger partial charge in [-0.05, 0) is 58.7 Å². The molecule has 0 spiro atoms. The summed E-state index contributed by atoms with van der Waals surface area (Å²) in [6.45, 7) is 6.90. The molecule has 3 rings (SSSR count). The van der Waals surface area contributed by atoms with Crippen molar-refractivity contribution in [3.63, 3.8) is 0 Å². The Kier molecular flexibility index (Phi) is 5.34. The van der Waals surface area contributed by atoms with E-state index >= 15 is 0 Å². The monoisotopic (exact) mass is 321 g/mol. The number of aliphatic hydroxyl groups is 1. The summed E-state index contributed by atoms with van der Waals surface area (Å²) < 4.78 is 2.19. The fourth-order valence-electron chi connectivity index (χ4n) is 3.68. The zero-order valence-corrected chi connectivity index (χ0v) is 14.8. The molecule has 1 N–H and O–H groups in total. The molecule has 0 aromatic carbocycles. The van der Waals surface area contributed by atoms with Crippen molar-refractivity contribution in [2.24, 2.45) is 13.0 Å². The van der Waals surface area contributed by atoms with E-state index in [1.54, 1.807) is 0 Å². The van der Waals surface area contributed by atoms with Crippen molar-refractivity contribution >= 4 is 0 Å². The van der Waals surface area contributed by atoms with E-state index in [1.165, 1.54) is 31.5 Å². The molecule has 0 radical (unpaired) electrons. The van der Waals surface area contributed by atoms with Gasteiger partial charge in [-0.1, -0.05) is 0 Å². The molecule has 1 saturated heterocycles. The van der Waals surface area contributed by atoms with Crippen molar-refractivity contribution in [1.29, 1.82) is 0 Å². The van der Waals surface area contributed by atoms with Crippen LogP contribution in [0, 0.1) is 5.92 Å². The average Bonchev–Trinajstić information content (AvgIpc) is 3.27. The third-order valence-electron chi connectivity index (χ3n) is 5.15. The predicted molar refractivity (Wildman–Crippen MR) is 90.2 cm³/mol. The molecule has 6 heteroatoms. The fraction of sp³-hybridized carbons (Fsp3) is 0.882. The summed E-state index contributed by atoms with van der Waals surface area (Å²) in [5.41, 5.74) is 0. The second-order valence-corrected chi connectivity index (χ2v) is 7.60. The molecule has 0 bridgehead atoms. The number of hydrogen-bond donors (Lipinski definition) is 1. The van der Waals surface area contributed by atoms with E-state index in [1.807, 2.05) is 6.92 Å². The lowest BCUT2D eigenvalue weighted by atomic mass is 9.96. The Hall–Kier alpha value is -0.980. The maximum Gasteiger partial charge on any atom is 0.146 e. The molecule has 1 aliphatic carbocycles. The minimum atomic E-state index is -0.217. The highest BCUT2D eigenvalue weighted by molar-refractivity contribution is 5.07. The van der Waals surface area contributed by atoms with Gasteiger partial charge < -0.3 is 14.6 Å². The lowest BCUT2D eigenvalue weighted by Crippen LogP contribution is -2.40. The topological polar surface area (TPSA) is 57.4 Å². The Labute approximate surface area is 139 Å². The second kappa shape index (κ2) is 7.28. The van der Waals surface area contributed by atoms with Crippen molar-refractivity contribution < 1.29 is 5.11 Å². The van der Waals surface area contributed by atoms with E-state index in [9.17, 15) is 5.11 Å². The highest BCUT2D eigenvalue weighted by Gasteiger charge is 2.29. The van der Waals surface area contributed by atoms with Crippen LogP contribution in [0.3, 0.4) is 0 Å². The van der Waals surface area contributed by atoms with Crippen LogP contribution in [-0.4, -0.2) is 69.0 Å². The summed E-state index contributed by atoms with van der Waals surface area (Å²) in [4.78, 5) is 4.77. The lowest BCUT2D eigenvalue weighted by molar-refractivity contribution is 0.0916. The number of likely N-dealkylation sites (tertiary alicyclic amines) is 1. The molecule has 1 unspecified atom stereocenters. The van der Waals surface area contributed by atoms with Crippen LogP contribution in [0.1, 0.15) is 50.2 Å². The standard InChI is InChI=1S/C17H31N5O/c1-13(23)10-22-8-6-14(7-9-22)11-20(2)12-16-18-19-17(21(16)3)15-4-5-15/h13-15,23H,4-12H2,1-3H3. The number of nitrogens with zero attached hydrogens (tertiary/aromatic N) is 5. The van der Waals surface area contributed by atoms with Crippen LogP contribution >= 0.6 is 0 Å². The third kappa shape index (κ3) is 4.52. The number of aliphatic hydroxyl groups excluding tert-OH is 1. The fourth-order valence-corrected chi connectivity index (χ4v) is 3.68. The Balaban J connectivity index is 1.44. The molecule has 0 amide bonds. The van der Waals surface area contributed by atoms with E-state index < -0.39 is 0 Å². The zero-order valence-electron chi connectivity index (χ0n) is 14.8. The minimum Gasteiger partial charge on any atom is -0.392 e. The van der Waals surface area contributed by atoms with Crippen LogP contribution in [0.25, 0.3) is 0 Å². The Morgan fingerprint density at radius 1 is 1.22 bits per heavy atom. The van der Waals surface area contributed by atoms with E-state index in [0.29, 0.717) is 5.92 Å². The van der Waals surface area contributed by atoms with Gasteiger partial charge in [-0.2, -0.15) is 0 Å². The van der Waals surface area contributed by atoms with Crippen LogP contribution < -0.4 is 0 Å².